The van der Waals surface area contributed by atoms with Gasteiger partial charge in [-0.2, -0.15) is 10.4 Å². The zero-order chi connectivity index (χ0) is 18.1. The number of H-pyrrole nitrogens is 1. The molecule has 1 N–H and O–H groups in total. The van der Waals surface area contributed by atoms with Crippen molar-refractivity contribution in [2.75, 3.05) is 25.0 Å². The molecular formula is C18H19N7O. The van der Waals surface area contributed by atoms with Gasteiger partial charge in [-0.05, 0) is 18.9 Å². The summed E-state index contributed by atoms with van der Waals surface area (Å²) in [6.07, 6.45) is 6.99. The van der Waals surface area contributed by atoms with Crippen LogP contribution in [0.3, 0.4) is 0 Å². The van der Waals surface area contributed by atoms with Gasteiger partial charge in [-0.25, -0.2) is 9.97 Å². The van der Waals surface area contributed by atoms with E-state index in [9.17, 15) is 4.79 Å². The van der Waals surface area contributed by atoms with Crippen LogP contribution >= 0.6 is 0 Å². The van der Waals surface area contributed by atoms with Crippen molar-refractivity contribution in [2.45, 2.75) is 25.3 Å². The highest BCUT2D eigenvalue weighted by Crippen LogP contribution is 2.31. The lowest BCUT2D eigenvalue weighted by Gasteiger charge is -2.37. The predicted molar refractivity (Wildman–Crippen MR) is 97.4 cm³/mol. The molecule has 0 saturated carbocycles. The molecule has 8 heteroatoms. The van der Waals surface area contributed by atoms with Gasteiger partial charge in [0.05, 0.1) is 12.3 Å². The first-order valence-electron chi connectivity index (χ1n) is 8.63. The molecule has 1 saturated heterocycles. The van der Waals surface area contributed by atoms with E-state index in [0.29, 0.717) is 0 Å². The number of pyridine rings is 1. The van der Waals surface area contributed by atoms with Gasteiger partial charge in [0.15, 0.2) is 5.65 Å². The Morgan fingerprint density at radius 1 is 1.38 bits per heavy atom. The molecule has 0 bridgehead atoms. The van der Waals surface area contributed by atoms with Crippen LogP contribution in [0.5, 0.6) is 0 Å². The molecular weight excluding hydrogens is 330 g/mol. The number of amides is 1. The number of nitrogens with one attached hydrogen (secondary N) is 1. The molecule has 0 aliphatic carbocycles. The van der Waals surface area contributed by atoms with Gasteiger partial charge in [-0.1, -0.05) is 0 Å². The maximum atomic E-state index is 11.9. The molecule has 132 valence electrons. The molecule has 26 heavy (non-hydrogen) atoms. The largest absolute Gasteiger partial charge is 0.356 e. The van der Waals surface area contributed by atoms with Crippen LogP contribution in [-0.2, 0) is 4.79 Å². The number of aromatic amines is 1. The van der Waals surface area contributed by atoms with Crippen LogP contribution in [0.25, 0.3) is 21.8 Å². The average molecular weight is 349 g/mol. The Bertz CT molecular complexity index is 998. The summed E-state index contributed by atoms with van der Waals surface area (Å²) in [5.74, 6) is 0.854. The normalized spacial score (nSPS) is 15.3. The fourth-order valence-corrected chi connectivity index (χ4v) is 3.66. The van der Waals surface area contributed by atoms with E-state index in [2.05, 4.69) is 25.1 Å². The quantitative estimate of drug-likeness (QED) is 0.774. The minimum absolute atomic E-state index is 0.0628. The van der Waals surface area contributed by atoms with Gasteiger partial charge in [0.2, 0.25) is 5.91 Å². The molecule has 0 atom stereocenters. The highest BCUT2D eigenvalue weighted by atomic mass is 16.2. The number of rotatable bonds is 3. The molecule has 0 unspecified atom stereocenters. The van der Waals surface area contributed by atoms with E-state index in [-0.39, 0.29) is 18.4 Å². The van der Waals surface area contributed by atoms with Crippen LogP contribution in [0.15, 0.2) is 24.7 Å². The standard InChI is InChI=1S/C18H19N7O/c1-24(15(26)2-6-19)13-4-8-25(9-5-13)18-16-12(11-22-23-18)10-21-17-14(16)3-7-20-17/h3,7,10-11,13,23H,2,4-5,8-9H2,1H3. The Morgan fingerprint density at radius 2 is 2.19 bits per heavy atom. The van der Waals surface area contributed by atoms with Gasteiger partial charge in [0, 0.05) is 54.7 Å². The van der Waals surface area contributed by atoms with Crippen molar-refractivity contribution in [3.8, 4) is 6.07 Å². The van der Waals surface area contributed by atoms with Crippen molar-refractivity contribution in [3.05, 3.63) is 24.7 Å². The van der Waals surface area contributed by atoms with E-state index in [4.69, 9.17) is 5.26 Å². The van der Waals surface area contributed by atoms with E-state index in [1.165, 1.54) is 0 Å². The number of hydrogen-bond acceptors (Lipinski definition) is 6. The lowest BCUT2D eigenvalue weighted by Crippen LogP contribution is -2.45. The zero-order valence-corrected chi connectivity index (χ0v) is 14.5. The van der Waals surface area contributed by atoms with Crippen LogP contribution < -0.4 is 4.90 Å². The van der Waals surface area contributed by atoms with E-state index in [1.54, 1.807) is 30.5 Å². The summed E-state index contributed by atoms with van der Waals surface area (Å²) in [6, 6.07) is 4.07. The van der Waals surface area contributed by atoms with Gasteiger partial charge in [-0.15, -0.1) is 0 Å². The predicted octanol–water partition coefficient (Wildman–Crippen LogP) is 1.85. The smallest absolute Gasteiger partial charge is 0.236 e. The number of piperidine rings is 1. The first-order valence-corrected chi connectivity index (χ1v) is 8.63. The van der Waals surface area contributed by atoms with E-state index >= 15 is 0 Å². The second kappa shape index (κ2) is 6.59. The molecule has 1 aliphatic rings. The molecule has 1 amide bonds. The van der Waals surface area contributed by atoms with Crippen molar-refractivity contribution >= 4 is 33.5 Å². The molecule has 4 rings (SSSR count). The van der Waals surface area contributed by atoms with Gasteiger partial charge in [0.25, 0.3) is 0 Å². The van der Waals surface area contributed by atoms with Crippen molar-refractivity contribution in [1.82, 2.24) is 25.1 Å². The topological polar surface area (TPSA) is 102 Å². The summed E-state index contributed by atoms with van der Waals surface area (Å²) < 4.78 is 0. The highest BCUT2D eigenvalue weighted by molar-refractivity contribution is 6.09. The molecule has 8 nitrogen and oxygen atoms in total. The number of aromatic nitrogens is 4. The third-order valence-electron chi connectivity index (χ3n) is 5.13. The summed E-state index contributed by atoms with van der Waals surface area (Å²) in [4.78, 5) is 24.6. The summed E-state index contributed by atoms with van der Waals surface area (Å²) in [5, 5.41) is 19.2. The minimum atomic E-state index is -0.111. The van der Waals surface area contributed by atoms with E-state index in [1.807, 2.05) is 12.1 Å². The second-order valence-electron chi connectivity index (χ2n) is 6.55. The van der Waals surface area contributed by atoms with Crippen molar-refractivity contribution < 1.29 is 4.79 Å². The Balaban J connectivity index is 1.60. The van der Waals surface area contributed by atoms with Crippen LogP contribution in [0.2, 0.25) is 0 Å². The molecule has 3 aromatic heterocycles. The molecule has 0 aromatic carbocycles. The summed E-state index contributed by atoms with van der Waals surface area (Å²) in [5.41, 5.74) is 0.732. The average Bonchev–Trinajstić information content (AvgIpc) is 3.16. The molecule has 1 fully saturated rings. The fraction of sp³-hybridized carbons (Fsp3) is 0.389. The van der Waals surface area contributed by atoms with Crippen LogP contribution in [0, 0.1) is 11.3 Å². The SMILES string of the molecule is CN(C(=O)CC#N)C1CCN(c2[nH]ncc3cnc4nccc4c23)CC1. The summed E-state index contributed by atoms with van der Waals surface area (Å²) in [7, 11) is 1.79. The summed E-state index contributed by atoms with van der Waals surface area (Å²) >= 11 is 0. The van der Waals surface area contributed by atoms with Crippen molar-refractivity contribution in [3.63, 3.8) is 0 Å². The molecule has 0 spiro atoms. The number of hydrogen-bond donors (Lipinski definition) is 1. The first kappa shape index (κ1) is 16.3. The lowest BCUT2D eigenvalue weighted by atomic mass is 10.0. The molecule has 1 aliphatic heterocycles. The number of nitrogens with zero attached hydrogens (tertiary/aromatic N) is 6. The Morgan fingerprint density at radius 3 is 2.96 bits per heavy atom. The number of carbonyl (C=O) groups is 1. The zero-order valence-electron chi connectivity index (χ0n) is 14.5. The van der Waals surface area contributed by atoms with Crippen LogP contribution in [0.1, 0.15) is 19.3 Å². The highest BCUT2D eigenvalue weighted by Gasteiger charge is 2.26. The Kier molecular flexibility index (Phi) is 4.13. The maximum absolute atomic E-state index is 11.9. The Hall–Kier alpha value is -3.21. The van der Waals surface area contributed by atoms with Gasteiger partial charge < -0.3 is 9.80 Å². The first-order chi connectivity index (χ1) is 12.7. The fourth-order valence-electron chi connectivity index (χ4n) is 3.66. The number of fused-ring (bicyclic) bond motifs is 3. The number of nitriles is 1. The third-order valence-corrected chi connectivity index (χ3v) is 5.13. The van der Waals surface area contributed by atoms with Gasteiger partial charge in [-0.3, -0.25) is 9.89 Å². The third kappa shape index (κ3) is 2.71. The van der Waals surface area contributed by atoms with Gasteiger partial charge >= 0.3 is 0 Å². The maximum Gasteiger partial charge on any atom is 0.236 e. The van der Waals surface area contributed by atoms with Crippen molar-refractivity contribution in [1.29, 1.82) is 5.26 Å². The van der Waals surface area contributed by atoms with Gasteiger partial charge in [0.1, 0.15) is 12.2 Å². The van der Waals surface area contributed by atoms with Crippen molar-refractivity contribution in [2.24, 2.45) is 0 Å². The monoisotopic (exact) mass is 349 g/mol. The Labute approximate surface area is 150 Å². The lowest BCUT2D eigenvalue weighted by molar-refractivity contribution is -0.131. The molecule has 4 heterocycles. The number of carbonyl (C=O) groups excluding carboxylic acids is 1. The molecule has 3 aromatic rings. The second-order valence-corrected chi connectivity index (χ2v) is 6.55. The minimum Gasteiger partial charge on any atom is -0.356 e. The van der Waals surface area contributed by atoms with Crippen LogP contribution in [-0.4, -0.2) is 57.2 Å². The summed E-state index contributed by atoms with van der Waals surface area (Å²) in [6.45, 7) is 1.62. The van der Waals surface area contributed by atoms with Crippen LogP contribution in [0.4, 0.5) is 5.82 Å². The molecule has 0 radical (unpaired) electrons. The van der Waals surface area contributed by atoms with E-state index < -0.39 is 0 Å². The van der Waals surface area contributed by atoms with E-state index in [0.717, 1.165) is 53.6 Å². The number of anilines is 1.